The van der Waals surface area contributed by atoms with Crippen molar-refractivity contribution in [2.75, 3.05) is 25.4 Å². The van der Waals surface area contributed by atoms with Crippen molar-refractivity contribution in [1.82, 2.24) is 4.90 Å². The molecule has 0 amide bonds. The summed E-state index contributed by atoms with van der Waals surface area (Å²) in [6, 6.07) is 0.648. The minimum absolute atomic E-state index is 0.181. The van der Waals surface area contributed by atoms with Gasteiger partial charge in [0.25, 0.3) is 0 Å². The second-order valence-corrected chi connectivity index (χ2v) is 6.81. The van der Waals surface area contributed by atoms with Crippen molar-refractivity contribution in [3.63, 3.8) is 0 Å². The molecule has 2 rings (SSSR count). The summed E-state index contributed by atoms with van der Waals surface area (Å²) in [6.07, 6.45) is 2.56. The van der Waals surface area contributed by atoms with E-state index in [-0.39, 0.29) is 12.2 Å². The molecule has 1 N–H and O–H groups in total. The number of likely N-dealkylation sites (tertiary alicyclic amines) is 1. The van der Waals surface area contributed by atoms with Crippen LogP contribution in [0, 0.1) is 0 Å². The predicted molar refractivity (Wildman–Crippen MR) is 68.5 cm³/mol. The molecule has 0 saturated carbocycles. The third kappa shape index (κ3) is 3.14. The van der Waals surface area contributed by atoms with Crippen molar-refractivity contribution in [1.29, 1.82) is 0 Å². The van der Waals surface area contributed by atoms with Gasteiger partial charge in [-0.15, -0.1) is 0 Å². The largest absolute Gasteiger partial charge is 0.480 e. The van der Waals surface area contributed by atoms with Crippen molar-refractivity contribution in [3.8, 4) is 0 Å². The maximum atomic E-state index is 10.5. The molecule has 2 fully saturated rings. The molecule has 0 aliphatic carbocycles. The van der Waals surface area contributed by atoms with E-state index in [2.05, 4.69) is 11.8 Å². The summed E-state index contributed by atoms with van der Waals surface area (Å²) >= 11 is 2.05. The van der Waals surface area contributed by atoms with Gasteiger partial charge in [-0.2, -0.15) is 11.8 Å². The number of aliphatic carboxylic acids is 1. The lowest BCUT2D eigenvalue weighted by molar-refractivity contribution is -0.169. The van der Waals surface area contributed by atoms with Crippen LogP contribution in [0.1, 0.15) is 26.7 Å². The fourth-order valence-electron chi connectivity index (χ4n) is 2.76. The molecule has 0 radical (unpaired) electrons. The maximum Gasteiger partial charge on any atom is 0.329 e. The molecule has 2 heterocycles. The van der Waals surface area contributed by atoms with Gasteiger partial charge < -0.3 is 9.84 Å². The number of hydrogen-bond acceptors (Lipinski definition) is 4. The summed E-state index contributed by atoms with van der Waals surface area (Å²) in [5, 5.41) is 9.30. The van der Waals surface area contributed by atoms with Crippen LogP contribution in [0.3, 0.4) is 0 Å². The minimum atomic E-state index is -0.883. The van der Waals surface area contributed by atoms with Gasteiger partial charge in [-0.25, -0.2) is 4.79 Å². The Kier molecular flexibility index (Phi) is 4.00. The van der Waals surface area contributed by atoms with Gasteiger partial charge in [0.2, 0.25) is 0 Å². The Morgan fingerprint density at radius 1 is 1.59 bits per heavy atom. The highest BCUT2D eigenvalue weighted by atomic mass is 32.2. The Labute approximate surface area is 107 Å². The Bertz CT molecular complexity index is 291. The van der Waals surface area contributed by atoms with E-state index in [0.29, 0.717) is 11.3 Å². The van der Waals surface area contributed by atoms with Crippen LogP contribution in [0.5, 0.6) is 0 Å². The quantitative estimate of drug-likeness (QED) is 0.828. The molecule has 98 valence electrons. The van der Waals surface area contributed by atoms with Crippen molar-refractivity contribution < 1.29 is 14.6 Å². The monoisotopic (exact) mass is 259 g/mol. The van der Waals surface area contributed by atoms with Crippen LogP contribution >= 0.6 is 11.8 Å². The van der Waals surface area contributed by atoms with Crippen LogP contribution in [0.15, 0.2) is 0 Å². The van der Waals surface area contributed by atoms with Crippen molar-refractivity contribution in [2.45, 2.75) is 43.6 Å². The standard InChI is InChI=1S/C12H21NO3S/c1-9-10(4-3-5-17-9)13-7-12(2,8-13)16-6-11(14)15/h9-10H,3-8H2,1-2H3,(H,14,15). The number of rotatable bonds is 4. The average molecular weight is 259 g/mol. The Hall–Kier alpha value is -0.260. The van der Waals surface area contributed by atoms with Gasteiger partial charge in [0.1, 0.15) is 6.61 Å². The lowest BCUT2D eigenvalue weighted by Gasteiger charge is -2.53. The van der Waals surface area contributed by atoms with Crippen molar-refractivity contribution in [3.05, 3.63) is 0 Å². The zero-order chi connectivity index (χ0) is 12.5. The number of hydrogen-bond donors (Lipinski definition) is 1. The Morgan fingerprint density at radius 2 is 2.29 bits per heavy atom. The molecule has 0 bridgehead atoms. The van der Waals surface area contributed by atoms with Crippen molar-refractivity contribution >= 4 is 17.7 Å². The number of carboxylic acid groups (broad SMARTS) is 1. The topological polar surface area (TPSA) is 49.8 Å². The molecule has 2 aliphatic rings. The highest BCUT2D eigenvalue weighted by Gasteiger charge is 2.44. The molecular weight excluding hydrogens is 238 g/mol. The van der Waals surface area contributed by atoms with E-state index in [0.717, 1.165) is 13.1 Å². The summed E-state index contributed by atoms with van der Waals surface area (Å²) in [4.78, 5) is 12.9. The van der Waals surface area contributed by atoms with E-state index in [1.54, 1.807) is 0 Å². The summed E-state index contributed by atoms with van der Waals surface area (Å²) in [5.41, 5.74) is -0.250. The van der Waals surface area contributed by atoms with E-state index in [4.69, 9.17) is 9.84 Å². The fourth-order valence-corrected chi connectivity index (χ4v) is 4.00. The Morgan fingerprint density at radius 3 is 2.88 bits per heavy atom. The Balaban J connectivity index is 1.78. The van der Waals surface area contributed by atoms with Crippen LogP contribution < -0.4 is 0 Å². The lowest BCUT2D eigenvalue weighted by Crippen LogP contribution is -2.66. The van der Waals surface area contributed by atoms with Gasteiger partial charge in [0.05, 0.1) is 5.60 Å². The SMILES string of the molecule is CC1SCCCC1N1CC(C)(OCC(=O)O)C1. The molecule has 2 atom stereocenters. The van der Waals surface area contributed by atoms with Crippen molar-refractivity contribution in [2.24, 2.45) is 0 Å². The summed E-state index contributed by atoms with van der Waals surface area (Å²) < 4.78 is 5.44. The highest BCUT2D eigenvalue weighted by Crippen LogP contribution is 2.35. The second kappa shape index (κ2) is 5.16. The first-order valence-corrected chi connectivity index (χ1v) is 7.26. The van der Waals surface area contributed by atoms with Gasteiger partial charge >= 0.3 is 5.97 Å². The number of nitrogens with zero attached hydrogens (tertiary/aromatic N) is 1. The molecule has 5 heteroatoms. The third-order valence-corrected chi connectivity index (χ3v) is 5.02. The van der Waals surface area contributed by atoms with E-state index in [1.807, 2.05) is 18.7 Å². The van der Waals surface area contributed by atoms with E-state index < -0.39 is 5.97 Å². The zero-order valence-corrected chi connectivity index (χ0v) is 11.3. The number of carbonyl (C=O) groups is 1. The van der Waals surface area contributed by atoms with Crippen LogP contribution in [-0.4, -0.2) is 58.3 Å². The molecule has 0 aromatic carbocycles. The number of ether oxygens (including phenoxy) is 1. The lowest BCUT2D eigenvalue weighted by atomic mass is 9.91. The van der Waals surface area contributed by atoms with Gasteiger partial charge in [-0.1, -0.05) is 6.92 Å². The molecule has 17 heavy (non-hydrogen) atoms. The van der Waals surface area contributed by atoms with Gasteiger partial charge in [-0.3, -0.25) is 4.90 Å². The summed E-state index contributed by atoms with van der Waals surface area (Å²) in [7, 11) is 0. The number of carboxylic acids is 1. The highest BCUT2D eigenvalue weighted by molar-refractivity contribution is 7.99. The van der Waals surface area contributed by atoms with Crippen LogP contribution in [0.4, 0.5) is 0 Å². The van der Waals surface area contributed by atoms with E-state index >= 15 is 0 Å². The van der Waals surface area contributed by atoms with Gasteiger partial charge in [-0.05, 0) is 25.5 Å². The first-order valence-electron chi connectivity index (χ1n) is 6.22. The molecular formula is C12H21NO3S. The first-order chi connectivity index (χ1) is 8.00. The molecule has 0 spiro atoms. The maximum absolute atomic E-state index is 10.5. The second-order valence-electron chi connectivity index (χ2n) is 5.32. The molecule has 2 unspecified atom stereocenters. The summed E-state index contributed by atoms with van der Waals surface area (Å²) in [5.74, 6) is 0.393. The molecule has 2 aliphatic heterocycles. The van der Waals surface area contributed by atoms with Gasteiger partial charge in [0.15, 0.2) is 0 Å². The van der Waals surface area contributed by atoms with E-state index in [9.17, 15) is 4.79 Å². The minimum Gasteiger partial charge on any atom is -0.480 e. The third-order valence-electron chi connectivity index (χ3n) is 3.66. The smallest absolute Gasteiger partial charge is 0.329 e. The van der Waals surface area contributed by atoms with E-state index in [1.165, 1.54) is 18.6 Å². The number of thioether (sulfide) groups is 1. The molecule has 4 nitrogen and oxygen atoms in total. The van der Waals surface area contributed by atoms with Gasteiger partial charge in [0, 0.05) is 24.4 Å². The van der Waals surface area contributed by atoms with Crippen LogP contribution in [-0.2, 0) is 9.53 Å². The fraction of sp³-hybridized carbons (Fsp3) is 0.917. The average Bonchev–Trinajstić information content (AvgIpc) is 2.23. The first kappa shape index (κ1) is 13.2. The molecule has 2 saturated heterocycles. The summed E-state index contributed by atoms with van der Waals surface area (Å²) in [6.45, 7) is 5.86. The van der Waals surface area contributed by atoms with Crippen LogP contribution in [0.25, 0.3) is 0 Å². The molecule has 0 aromatic rings. The van der Waals surface area contributed by atoms with Crippen LogP contribution in [0.2, 0.25) is 0 Å². The zero-order valence-electron chi connectivity index (χ0n) is 10.5. The normalized spacial score (nSPS) is 33.1. The molecule has 0 aromatic heterocycles. The predicted octanol–water partition coefficient (Wildman–Crippen LogP) is 1.45.